The summed E-state index contributed by atoms with van der Waals surface area (Å²) in [6, 6.07) is 5.08. The Hall–Kier alpha value is -2.68. The fraction of sp³-hybridized carbons (Fsp3) is 0.682. The molecule has 2 aliphatic rings. The van der Waals surface area contributed by atoms with Crippen LogP contribution in [0.5, 0.6) is 0 Å². The van der Waals surface area contributed by atoms with E-state index >= 15 is 0 Å². The molecule has 2 fully saturated rings. The number of fused-ring (bicyclic) bond motifs is 1. The van der Waals surface area contributed by atoms with Crippen molar-refractivity contribution in [2.75, 3.05) is 53.4 Å². The molecule has 1 aromatic heterocycles. The van der Waals surface area contributed by atoms with Crippen molar-refractivity contribution in [2.45, 2.75) is 44.1 Å². The highest BCUT2D eigenvalue weighted by Crippen LogP contribution is 2.26. The molecule has 244 valence electrons. The standard InChI is InChI=1S/C16H27N3OS.3C2HF3O2/c1-13-4-5-14(21-13)10-18-11-15-16(12-18)20-9-8-19(15)7-6-17(2)3;3*3-2(4,5)1(6)7/h4-5,15-16H,6-12H2,1-3H3;3*(H,6,7)/t15-,16+;;;/m1.../s1. The number of alkyl halides is 9. The topological polar surface area (TPSA) is 131 Å². The zero-order chi connectivity index (χ0) is 33.1. The van der Waals surface area contributed by atoms with E-state index in [2.05, 4.69) is 47.9 Å². The minimum atomic E-state index is -5.08. The van der Waals surface area contributed by atoms with Crippen LogP contribution in [0.3, 0.4) is 0 Å². The lowest BCUT2D eigenvalue weighted by Crippen LogP contribution is -2.52. The Morgan fingerprint density at radius 1 is 0.905 bits per heavy atom. The van der Waals surface area contributed by atoms with Crippen LogP contribution < -0.4 is 0 Å². The molecule has 0 saturated carbocycles. The maximum Gasteiger partial charge on any atom is 0.490 e. The van der Waals surface area contributed by atoms with Gasteiger partial charge in [-0.3, -0.25) is 9.80 Å². The Labute approximate surface area is 237 Å². The lowest BCUT2D eigenvalue weighted by atomic mass is 10.1. The summed E-state index contributed by atoms with van der Waals surface area (Å²) in [6.07, 6.45) is -14.8. The van der Waals surface area contributed by atoms with E-state index in [0.717, 1.165) is 45.9 Å². The Morgan fingerprint density at radius 3 is 1.71 bits per heavy atom. The molecule has 3 N–H and O–H groups in total. The molecule has 0 aliphatic carbocycles. The molecule has 0 unspecified atom stereocenters. The van der Waals surface area contributed by atoms with Crippen LogP contribution in [0, 0.1) is 6.92 Å². The molecule has 0 amide bonds. The number of morpholine rings is 1. The van der Waals surface area contributed by atoms with Gasteiger partial charge in [0.1, 0.15) is 0 Å². The molecule has 2 aliphatic heterocycles. The van der Waals surface area contributed by atoms with Crippen LogP contribution in [0.25, 0.3) is 0 Å². The van der Waals surface area contributed by atoms with Gasteiger partial charge < -0.3 is 25.0 Å². The first-order valence-electron chi connectivity index (χ1n) is 11.6. The summed E-state index contributed by atoms with van der Waals surface area (Å²) < 4.78 is 101. The third kappa shape index (κ3) is 16.1. The molecule has 0 aromatic carbocycles. The SMILES string of the molecule is Cc1ccc(CN2C[C@@H]3OCCN(CCN(C)C)[C@@H]3C2)s1.O=C(O)C(F)(F)F.O=C(O)C(F)(F)F.O=C(O)C(F)(F)F. The Balaban J connectivity index is 0.000000660. The van der Waals surface area contributed by atoms with Crippen molar-refractivity contribution in [3.05, 3.63) is 21.9 Å². The van der Waals surface area contributed by atoms with Crippen molar-refractivity contribution in [3.8, 4) is 0 Å². The number of likely N-dealkylation sites (N-methyl/N-ethyl adjacent to an activating group) is 1. The molecule has 0 spiro atoms. The van der Waals surface area contributed by atoms with Crippen LogP contribution in [0.4, 0.5) is 39.5 Å². The van der Waals surface area contributed by atoms with Crippen LogP contribution in [-0.2, 0) is 25.7 Å². The van der Waals surface area contributed by atoms with Gasteiger partial charge in [-0.25, -0.2) is 14.4 Å². The second-order valence-corrected chi connectivity index (χ2v) is 10.3. The quantitative estimate of drug-likeness (QED) is 0.408. The van der Waals surface area contributed by atoms with Gasteiger partial charge in [0.05, 0.1) is 12.7 Å². The molecule has 10 nitrogen and oxygen atoms in total. The van der Waals surface area contributed by atoms with Gasteiger partial charge in [-0.15, -0.1) is 11.3 Å². The number of likely N-dealkylation sites (tertiary alicyclic amines) is 1. The van der Waals surface area contributed by atoms with Crippen LogP contribution >= 0.6 is 11.3 Å². The summed E-state index contributed by atoms with van der Waals surface area (Å²) in [5.74, 6) is -8.27. The molecular weight excluding hydrogens is 621 g/mol. The summed E-state index contributed by atoms with van der Waals surface area (Å²) in [4.78, 5) is 37.0. The van der Waals surface area contributed by atoms with E-state index in [4.69, 9.17) is 34.4 Å². The average molecular weight is 652 g/mol. The highest BCUT2D eigenvalue weighted by atomic mass is 32.1. The zero-order valence-corrected chi connectivity index (χ0v) is 23.2. The van der Waals surface area contributed by atoms with Gasteiger partial charge in [0.2, 0.25) is 0 Å². The van der Waals surface area contributed by atoms with E-state index in [0.29, 0.717) is 12.1 Å². The number of thiophene rings is 1. The zero-order valence-electron chi connectivity index (χ0n) is 22.4. The number of aryl methyl sites for hydroxylation is 1. The molecular formula is C22H30F9N3O7S. The Bertz CT molecular complexity index is 944. The third-order valence-electron chi connectivity index (χ3n) is 5.23. The molecule has 3 rings (SSSR count). The van der Waals surface area contributed by atoms with Gasteiger partial charge in [-0.05, 0) is 33.2 Å². The van der Waals surface area contributed by atoms with Crippen molar-refractivity contribution in [1.82, 2.24) is 14.7 Å². The van der Waals surface area contributed by atoms with Crippen LogP contribution in [0.2, 0.25) is 0 Å². The maximum absolute atomic E-state index is 10.6. The van der Waals surface area contributed by atoms with Crippen LogP contribution in [-0.4, -0.2) is 132 Å². The molecule has 20 heteroatoms. The van der Waals surface area contributed by atoms with Gasteiger partial charge in [-0.2, -0.15) is 39.5 Å². The smallest absolute Gasteiger partial charge is 0.475 e. The van der Waals surface area contributed by atoms with Gasteiger partial charge >= 0.3 is 36.4 Å². The Kier molecular flexibility index (Phi) is 15.8. The number of rotatable bonds is 5. The fourth-order valence-corrected chi connectivity index (χ4v) is 4.29. The van der Waals surface area contributed by atoms with Crippen molar-refractivity contribution < 1.29 is 74.0 Å². The maximum atomic E-state index is 10.6. The molecule has 2 saturated heterocycles. The predicted octanol–water partition coefficient (Wildman–Crippen LogP) is 3.40. The average Bonchev–Trinajstić information content (AvgIpc) is 3.42. The van der Waals surface area contributed by atoms with Gasteiger partial charge in [0.15, 0.2) is 0 Å². The summed E-state index contributed by atoms with van der Waals surface area (Å²) in [5, 5.41) is 21.4. The van der Waals surface area contributed by atoms with E-state index in [-0.39, 0.29) is 0 Å². The first-order valence-corrected chi connectivity index (χ1v) is 12.4. The van der Waals surface area contributed by atoms with Crippen molar-refractivity contribution in [2.24, 2.45) is 0 Å². The van der Waals surface area contributed by atoms with Crippen LogP contribution in [0.1, 0.15) is 9.75 Å². The fourth-order valence-electron chi connectivity index (χ4n) is 3.36. The molecule has 3 heterocycles. The van der Waals surface area contributed by atoms with E-state index < -0.39 is 36.4 Å². The highest BCUT2D eigenvalue weighted by molar-refractivity contribution is 7.11. The predicted molar refractivity (Wildman–Crippen MR) is 129 cm³/mol. The molecule has 42 heavy (non-hydrogen) atoms. The first-order chi connectivity index (χ1) is 18.9. The van der Waals surface area contributed by atoms with Gasteiger partial charge in [-0.1, -0.05) is 0 Å². The summed E-state index contributed by atoms with van der Waals surface area (Å²) in [6.45, 7) is 9.76. The largest absolute Gasteiger partial charge is 0.490 e. The second-order valence-electron chi connectivity index (χ2n) is 8.93. The van der Waals surface area contributed by atoms with Gasteiger partial charge in [0, 0.05) is 55.1 Å². The summed E-state index contributed by atoms with van der Waals surface area (Å²) in [7, 11) is 4.30. The number of halogens is 9. The van der Waals surface area contributed by atoms with E-state index in [1.54, 1.807) is 0 Å². The van der Waals surface area contributed by atoms with Crippen molar-refractivity contribution in [1.29, 1.82) is 0 Å². The number of hydrogen-bond donors (Lipinski definition) is 3. The lowest BCUT2D eigenvalue weighted by molar-refractivity contribution is -0.193. The van der Waals surface area contributed by atoms with E-state index in [1.165, 1.54) is 9.75 Å². The minimum Gasteiger partial charge on any atom is -0.475 e. The lowest BCUT2D eigenvalue weighted by Gasteiger charge is -2.37. The summed E-state index contributed by atoms with van der Waals surface area (Å²) >= 11 is 1.92. The highest BCUT2D eigenvalue weighted by Gasteiger charge is 2.41. The molecule has 0 bridgehead atoms. The minimum absolute atomic E-state index is 0.405. The number of carbonyl (C=O) groups is 3. The molecule has 2 atom stereocenters. The van der Waals surface area contributed by atoms with E-state index in [1.807, 2.05) is 11.3 Å². The first kappa shape index (κ1) is 39.3. The monoisotopic (exact) mass is 651 g/mol. The van der Waals surface area contributed by atoms with Crippen molar-refractivity contribution >= 4 is 29.2 Å². The molecule has 0 radical (unpaired) electrons. The van der Waals surface area contributed by atoms with Gasteiger partial charge in [0.25, 0.3) is 0 Å². The third-order valence-corrected chi connectivity index (χ3v) is 6.21. The molecule has 1 aromatic rings. The number of nitrogens with zero attached hydrogens (tertiary/aromatic N) is 3. The number of carboxylic acid groups (broad SMARTS) is 3. The van der Waals surface area contributed by atoms with Crippen LogP contribution in [0.15, 0.2) is 12.1 Å². The second kappa shape index (κ2) is 16.8. The number of carboxylic acids is 3. The number of aliphatic carboxylic acids is 3. The number of ether oxygens (including phenoxy) is 1. The Morgan fingerprint density at radius 2 is 1.36 bits per heavy atom. The van der Waals surface area contributed by atoms with Crippen molar-refractivity contribution in [3.63, 3.8) is 0 Å². The van der Waals surface area contributed by atoms with E-state index in [9.17, 15) is 39.5 Å². The normalized spacial score (nSPS) is 19.4. The number of hydrogen-bond acceptors (Lipinski definition) is 8. The summed E-state index contributed by atoms with van der Waals surface area (Å²) in [5.41, 5.74) is 0.